The molecule has 0 saturated carbocycles. The van der Waals surface area contributed by atoms with E-state index in [-0.39, 0.29) is 28.2 Å². The molecule has 4 rings (SSSR count). The number of aromatic nitrogens is 2. The van der Waals surface area contributed by atoms with Crippen LogP contribution in [0.5, 0.6) is 11.5 Å². The standard InChI is InChI=1S/C20H14F3N3O2/c1-26-16(4-5-25-26)14-2-3-17(15-9-20(22,23)19(27)18(14)15)28-13-7-11(10-24)6-12(21)8-13/h2-8,19,27H,9H2,1H3/t19-/m1/s1. The van der Waals surface area contributed by atoms with Crippen molar-refractivity contribution in [3.63, 3.8) is 0 Å². The van der Waals surface area contributed by atoms with Crippen LogP contribution < -0.4 is 4.74 Å². The van der Waals surface area contributed by atoms with Gasteiger partial charge < -0.3 is 9.84 Å². The number of hydrogen-bond donors (Lipinski definition) is 1. The van der Waals surface area contributed by atoms with Gasteiger partial charge in [0.2, 0.25) is 0 Å². The number of aliphatic hydroxyl groups is 1. The third-order valence-electron chi connectivity index (χ3n) is 4.73. The SMILES string of the molecule is Cn1nccc1-c1ccc(Oc2cc(F)cc(C#N)c2)c2c1[C@@H](O)C(F)(F)C2. The van der Waals surface area contributed by atoms with E-state index in [0.717, 1.165) is 12.1 Å². The lowest BCUT2D eigenvalue weighted by molar-refractivity contribution is -0.0967. The molecule has 0 saturated heterocycles. The number of rotatable bonds is 3. The van der Waals surface area contributed by atoms with Gasteiger partial charge in [-0.25, -0.2) is 13.2 Å². The smallest absolute Gasteiger partial charge is 0.281 e. The molecule has 1 aliphatic carbocycles. The first-order valence-corrected chi connectivity index (χ1v) is 8.39. The first-order valence-electron chi connectivity index (χ1n) is 8.39. The highest BCUT2D eigenvalue weighted by Gasteiger charge is 2.49. The van der Waals surface area contributed by atoms with Gasteiger partial charge >= 0.3 is 0 Å². The molecule has 8 heteroatoms. The van der Waals surface area contributed by atoms with E-state index in [1.807, 2.05) is 6.07 Å². The monoisotopic (exact) mass is 385 g/mol. The van der Waals surface area contributed by atoms with Crippen molar-refractivity contribution in [2.24, 2.45) is 7.05 Å². The third-order valence-corrected chi connectivity index (χ3v) is 4.73. The zero-order valence-electron chi connectivity index (χ0n) is 14.7. The minimum Gasteiger partial charge on any atom is -0.457 e. The van der Waals surface area contributed by atoms with Crippen LogP contribution in [0.1, 0.15) is 22.8 Å². The number of ether oxygens (including phenoxy) is 1. The maximum Gasteiger partial charge on any atom is 0.281 e. The summed E-state index contributed by atoms with van der Waals surface area (Å²) < 4.78 is 49.5. The Bertz CT molecular complexity index is 1120. The van der Waals surface area contributed by atoms with Crippen molar-refractivity contribution in [3.8, 4) is 28.8 Å². The van der Waals surface area contributed by atoms with Gasteiger partial charge in [0.15, 0.2) is 0 Å². The maximum atomic E-state index is 14.3. The third kappa shape index (κ3) is 2.90. The van der Waals surface area contributed by atoms with Gasteiger partial charge in [0, 0.05) is 42.4 Å². The minimum atomic E-state index is -3.37. The molecular weight excluding hydrogens is 371 g/mol. The zero-order valence-corrected chi connectivity index (χ0v) is 14.7. The van der Waals surface area contributed by atoms with E-state index in [4.69, 9.17) is 10.00 Å². The van der Waals surface area contributed by atoms with E-state index < -0.39 is 24.3 Å². The topological polar surface area (TPSA) is 71.1 Å². The fourth-order valence-corrected chi connectivity index (χ4v) is 3.45. The van der Waals surface area contributed by atoms with E-state index in [9.17, 15) is 18.3 Å². The predicted molar refractivity (Wildman–Crippen MR) is 93.4 cm³/mol. The fourth-order valence-electron chi connectivity index (χ4n) is 3.45. The lowest BCUT2D eigenvalue weighted by Crippen LogP contribution is -2.21. The van der Waals surface area contributed by atoms with Crippen molar-refractivity contribution in [2.75, 3.05) is 0 Å². The molecule has 1 N–H and O–H groups in total. The number of halogens is 3. The van der Waals surface area contributed by atoms with Crippen molar-refractivity contribution in [1.29, 1.82) is 5.26 Å². The second-order valence-corrected chi connectivity index (χ2v) is 6.57. The number of benzene rings is 2. The molecule has 0 fully saturated rings. The number of nitriles is 1. The largest absolute Gasteiger partial charge is 0.457 e. The first-order chi connectivity index (χ1) is 13.3. The van der Waals surface area contributed by atoms with Crippen LogP contribution in [0.4, 0.5) is 13.2 Å². The van der Waals surface area contributed by atoms with Gasteiger partial charge in [0.25, 0.3) is 5.92 Å². The molecule has 0 unspecified atom stereocenters. The van der Waals surface area contributed by atoms with E-state index in [1.54, 1.807) is 19.2 Å². The molecule has 142 valence electrons. The van der Waals surface area contributed by atoms with E-state index >= 15 is 0 Å². The van der Waals surface area contributed by atoms with E-state index in [0.29, 0.717) is 11.3 Å². The number of hydrogen-bond acceptors (Lipinski definition) is 4. The van der Waals surface area contributed by atoms with Gasteiger partial charge in [-0.3, -0.25) is 4.68 Å². The van der Waals surface area contributed by atoms with E-state index in [2.05, 4.69) is 5.10 Å². The van der Waals surface area contributed by atoms with Crippen molar-refractivity contribution in [2.45, 2.75) is 18.4 Å². The Balaban J connectivity index is 1.85. The molecule has 0 amide bonds. The summed E-state index contributed by atoms with van der Waals surface area (Å²) in [5, 5.41) is 23.3. The first kappa shape index (κ1) is 18.1. The second kappa shape index (κ2) is 6.39. The Morgan fingerprint density at radius 1 is 1.29 bits per heavy atom. The Morgan fingerprint density at radius 3 is 2.75 bits per heavy atom. The van der Waals surface area contributed by atoms with Crippen LogP contribution in [0.15, 0.2) is 42.6 Å². The fraction of sp³-hybridized carbons (Fsp3) is 0.200. The molecule has 2 aromatic carbocycles. The van der Waals surface area contributed by atoms with Crippen LogP contribution in [-0.2, 0) is 13.5 Å². The quantitative estimate of drug-likeness (QED) is 0.736. The average Bonchev–Trinajstić information content (AvgIpc) is 3.16. The van der Waals surface area contributed by atoms with Crippen molar-refractivity contribution in [1.82, 2.24) is 9.78 Å². The Labute approximate surface area is 158 Å². The summed E-state index contributed by atoms with van der Waals surface area (Å²) in [6.07, 6.45) is -1.19. The summed E-state index contributed by atoms with van der Waals surface area (Å²) in [6, 6.07) is 9.93. The second-order valence-electron chi connectivity index (χ2n) is 6.57. The highest BCUT2D eigenvalue weighted by atomic mass is 19.3. The number of aliphatic hydroxyl groups excluding tert-OH is 1. The summed E-state index contributed by atoms with van der Waals surface area (Å²) >= 11 is 0. The molecule has 0 aliphatic heterocycles. The normalized spacial score (nSPS) is 17.2. The van der Waals surface area contributed by atoms with Crippen LogP contribution in [0.3, 0.4) is 0 Å². The maximum absolute atomic E-state index is 14.3. The molecule has 1 atom stereocenters. The molecule has 0 spiro atoms. The van der Waals surface area contributed by atoms with Crippen molar-refractivity contribution < 1.29 is 23.0 Å². The van der Waals surface area contributed by atoms with E-state index in [1.165, 1.54) is 23.0 Å². The molecule has 28 heavy (non-hydrogen) atoms. The summed E-state index contributed by atoms with van der Waals surface area (Å²) in [5.41, 5.74) is 1.23. The molecule has 1 aromatic heterocycles. The lowest BCUT2D eigenvalue weighted by Gasteiger charge is -2.17. The Kier molecular flexibility index (Phi) is 4.12. The minimum absolute atomic E-state index is 0.0109. The predicted octanol–water partition coefficient (Wildman–Crippen LogP) is 4.11. The number of nitrogens with zero attached hydrogens (tertiary/aromatic N) is 3. The molecule has 3 aromatic rings. The van der Waals surface area contributed by atoms with Crippen LogP contribution in [-0.4, -0.2) is 20.8 Å². The van der Waals surface area contributed by atoms with Gasteiger partial charge in [0.1, 0.15) is 23.4 Å². The van der Waals surface area contributed by atoms with Crippen LogP contribution in [0, 0.1) is 17.1 Å². The van der Waals surface area contributed by atoms with Crippen molar-refractivity contribution in [3.05, 3.63) is 65.1 Å². The van der Waals surface area contributed by atoms with Crippen LogP contribution >= 0.6 is 0 Å². The molecule has 1 aliphatic rings. The number of fused-ring (bicyclic) bond motifs is 1. The lowest BCUT2D eigenvalue weighted by atomic mass is 9.98. The van der Waals surface area contributed by atoms with Crippen LogP contribution in [0.2, 0.25) is 0 Å². The average molecular weight is 385 g/mol. The van der Waals surface area contributed by atoms with Gasteiger partial charge in [0.05, 0.1) is 17.3 Å². The Hall–Kier alpha value is -3.31. The van der Waals surface area contributed by atoms with Gasteiger partial charge in [-0.15, -0.1) is 0 Å². The van der Waals surface area contributed by atoms with Gasteiger partial charge in [-0.2, -0.15) is 10.4 Å². The summed E-state index contributed by atoms with van der Waals surface area (Å²) in [7, 11) is 1.67. The summed E-state index contributed by atoms with van der Waals surface area (Å²) in [6.45, 7) is 0. The zero-order chi connectivity index (χ0) is 20.1. The highest BCUT2D eigenvalue weighted by Crippen LogP contribution is 2.50. The molecule has 0 bridgehead atoms. The number of aryl methyl sites for hydroxylation is 1. The molecule has 0 radical (unpaired) electrons. The number of alkyl halides is 2. The Morgan fingerprint density at radius 2 is 2.07 bits per heavy atom. The summed E-state index contributed by atoms with van der Waals surface area (Å²) in [4.78, 5) is 0. The van der Waals surface area contributed by atoms with Gasteiger partial charge in [-0.1, -0.05) is 0 Å². The molecule has 5 nitrogen and oxygen atoms in total. The van der Waals surface area contributed by atoms with Gasteiger partial charge in [-0.05, 0) is 30.3 Å². The molecular formula is C20H14F3N3O2. The summed E-state index contributed by atoms with van der Waals surface area (Å²) in [5.74, 6) is -3.96. The van der Waals surface area contributed by atoms with Crippen molar-refractivity contribution >= 4 is 0 Å². The highest BCUT2D eigenvalue weighted by molar-refractivity contribution is 5.70. The van der Waals surface area contributed by atoms with Crippen LogP contribution in [0.25, 0.3) is 11.3 Å². The molecule has 1 heterocycles.